The number of hydrogen-bond donors (Lipinski definition) is 7. The summed E-state index contributed by atoms with van der Waals surface area (Å²) >= 11 is 0. The Morgan fingerprint density at radius 2 is 0.934 bits per heavy atom. The zero-order valence-corrected chi connectivity index (χ0v) is 37.1. The Kier molecular flexibility index (Phi) is 31.1. The van der Waals surface area contributed by atoms with Crippen LogP contribution in [0, 0.1) is 0 Å². The van der Waals surface area contributed by atoms with Crippen molar-refractivity contribution >= 4 is 11.9 Å². The molecule has 61 heavy (non-hydrogen) atoms. The number of esters is 2. The summed E-state index contributed by atoms with van der Waals surface area (Å²) in [4.78, 5) is 25.6. The molecule has 7 N–H and O–H groups in total. The van der Waals surface area contributed by atoms with E-state index in [4.69, 9.17) is 28.4 Å². The summed E-state index contributed by atoms with van der Waals surface area (Å²) in [6.45, 7) is 2.51. The van der Waals surface area contributed by atoms with Crippen LogP contribution in [0.2, 0.25) is 0 Å². The second-order valence-electron chi connectivity index (χ2n) is 16.6. The van der Waals surface area contributed by atoms with Gasteiger partial charge in [0.25, 0.3) is 0 Å². The topological polar surface area (TPSA) is 231 Å². The van der Waals surface area contributed by atoms with Crippen LogP contribution < -0.4 is 0 Å². The number of allylic oxidation sites excluding steroid dienone is 4. The molecule has 2 saturated heterocycles. The van der Waals surface area contributed by atoms with Crippen molar-refractivity contribution in [3.05, 3.63) is 24.3 Å². The average molecular weight is 875 g/mol. The maximum atomic E-state index is 12.9. The molecule has 11 unspecified atom stereocenters. The first-order valence-corrected chi connectivity index (χ1v) is 23.4. The Morgan fingerprint density at radius 1 is 0.508 bits per heavy atom. The minimum Gasteiger partial charge on any atom is -0.462 e. The number of rotatable bonds is 35. The first-order chi connectivity index (χ1) is 29.5. The van der Waals surface area contributed by atoms with E-state index in [1.54, 1.807) is 0 Å². The van der Waals surface area contributed by atoms with Crippen LogP contribution in [0.1, 0.15) is 162 Å². The van der Waals surface area contributed by atoms with E-state index in [0.29, 0.717) is 12.8 Å². The van der Waals surface area contributed by atoms with Gasteiger partial charge in [-0.25, -0.2) is 0 Å². The summed E-state index contributed by atoms with van der Waals surface area (Å²) < 4.78 is 33.4. The van der Waals surface area contributed by atoms with Crippen LogP contribution in [-0.2, 0) is 38.0 Å². The summed E-state index contributed by atoms with van der Waals surface area (Å²) in [5.74, 6) is -0.946. The molecule has 0 amide bonds. The fourth-order valence-electron chi connectivity index (χ4n) is 7.20. The normalized spacial score (nSPS) is 27.5. The van der Waals surface area contributed by atoms with Gasteiger partial charge in [0.15, 0.2) is 18.7 Å². The van der Waals surface area contributed by atoms with Gasteiger partial charge in [-0.1, -0.05) is 109 Å². The van der Waals surface area contributed by atoms with Crippen molar-refractivity contribution in [1.82, 2.24) is 0 Å². The van der Waals surface area contributed by atoms with Crippen LogP contribution in [0.4, 0.5) is 0 Å². The first-order valence-electron chi connectivity index (χ1n) is 23.4. The maximum Gasteiger partial charge on any atom is 0.306 e. The van der Waals surface area contributed by atoms with Gasteiger partial charge in [-0.05, 0) is 64.2 Å². The quantitative estimate of drug-likeness (QED) is 0.0246. The molecule has 2 aliphatic rings. The second-order valence-corrected chi connectivity index (χ2v) is 16.6. The Labute approximate surface area is 364 Å². The molecule has 2 fully saturated rings. The van der Waals surface area contributed by atoms with Crippen LogP contribution in [0.5, 0.6) is 0 Å². The van der Waals surface area contributed by atoms with Crippen molar-refractivity contribution < 1.29 is 73.8 Å². The number of carbonyl (C=O) groups is 2. The molecule has 0 aromatic rings. The number of aliphatic hydroxyl groups excluding tert-OH is 7. The lowest BCUT2D eigenvalue weighted by molar-refractivity contribution is -0.332. The molecule has 11 atom stereocenters. The fraction of sp³-hybridized carbons (Fsp3) is 0.870. The zero-order chi connectivity index (χ0) is 44.7. The van der Waals surface area contributed by atoms with E-state index in [-0.39, 0.29) is 26.1 Å². The van der Waals surface area contributed by atoms with Crippen molar-refractivity contribution in [3.63, 3.8) is 0 Å². The van der Waals surface area contributed by atoms with E-state index in [2.05, 4.69) is 38.2 Å². The summed E-state index contributed by atoms with van der Waals surface area (Å²) in [5, 5.41) is 71.9. The van der Waals surface area contributed by atoms with Crippen LogP contribution in [-0.4, -0.2) is 142 Å². The van der Waals surface area contributed by atoms with E-state index < -0.39 is 92.7 Å². The molecular formula is C46H82O15. The highest BCUT2D eigenvalue weighted by molar-refractivity contribution is 5.70. The van der Waals surface area contributed by atoms with Gasteiger partial charge in [-0.3, -0.25) is 9.59 Å². The molecule has 0 aromatic heterocycles. The standard InChI is InChI=1S/C46H82O15/c1-3-5-7-9-11-13-15-17-19-21-23-25-27-29-38(49)59-34(31-56-37(48)28-26-24-22-20-18-16-14-12-10-8-6-4-2)32-57-45-44(55)42(53)40(51)36(61-45)33-58-46-43(54)41(52)39(50)35(30-47)60-46/h12-15,34-36,39-47,50-55H,3-11,16-33H2,1-2H3/b14-12-,15-13-. The van der Waals surface area contributed by atoms with E-state index in [0.717, 1.165) is 77.0 Å². The van der Waals surface area contributed by atoms with Gasteiger partial charge in [-0.2, -0.15) is 0 Å². The lowest BCUT2D eigenvalue weighted by Gasteiger charge is -2.42. The number of aliphatic hydroxyl groups is 7. The van der Waals surface area contributed by atoms with Crippen LogP contribution >= 0.6 is 0 Å². The van der Waals surface area contributed by atoms with Crippen molar-refractivity contribution in [2.45, 2.75) is 229 Å². The maximum absolute atomic E-state index is 12.9. The predicted molar refractivity (Wildman–Crippen MR) is 229 cm³/mol. The van der Waals surface area contributed by atoms with Crippen molar-refractivity contribution in [1.29, 1.82) is 0 Å². The Morgan fingerprint density at radius 3 is 1.48 bits per heavy atom. The first kappa shape index (κ1) is 55.1. The van der Waals surface area contributed by atoms with E-state index in [1.807, 2.05) is 0 Å². The predicted octanol–water partition coefficient (Wildman–Crippen LogP) is 5.21. The number of hydrogen-bond acceptors (Lipinski definition) is 15. The molecule has 2 rings (SSSR count). The van der Waals surface area contributed by atoms with Gasteiger partial charge < -0.3 is 64.2 Å². The van der Waals surface area contributed by atoms with Crippen LogP contribution in [0.3, 0.4) is 0 Å². The van der Waals surface area contributed by atoms with E-state index >= 15 is 0 Å². The van der Waals surface area contributed by atoms with Gasteiger partial charge in [0.2, 0.25) is 0 Å². The van der Waals surface area contributed by atoms with Crippen LogP contribution in [0.15, 0.2) is 24.3 Å². The van der Waals surface area contributed by atoms with Crippen molar-refractivity contribution in [3.8, 4) is 0 Å². The van der Waals surface area contributed by atoms with Crippen molar-refractivity contribution in [2.24, 2.45) is 0 Å². The average Bonchev–Trinajstić information content (AvgIpc) is 3.25. The number of unbranched alkanes of at least 4 members (excludes halogenated alkanes) is 17. The molecule has 15 nitrogen and oxygen atoms in total. The van der Waals surface area contributed by atoms with Gasteiger partial charge in [-0.15, -0.1) is 0 Å². The molecule has 0 radical (unpaired) electrons. The molecule has 0 bridgehead atoms. The number of ether oxygens (including phenoxy) is 6. The monoisotopic (exact) mass is 875 g/mol. The Bertz CT molecular complexity index is 1170. The molecule has 2 heterocycles. The third kappa shape index (κ3) is 23.5. The Balaban J connectivity index is 1.86. The molecule has 15 heteroatoms. The summed E-state index contributed by atoms with van der Waals surface area (Å²) in [6, 6.07) is 0. The lowest BCUT2D eigenvalue weighted by Crippen LogP contribution is -2.61. The van der Waals surface area contributed by atoms with Gasteiger partial charge in [0.05, 0.1) is 19.8 Å². The molecule has 0 spiro atoms. The lowest BCUT2D eigenvalue weighted by atomic mass is 9.98. The van der Waals surface area contributed by atoms with Crippen LogP contribution in [0.25, 0.3) is 0 Å². The van der Waals surface area contributed by atoms with Gasteiger partial charge in [0.1, 0.15) is 55.4 Å². The summed E-state index contributed by atoms with van der Waals surface area (Å²) in [7, 11) is 0. The van der Waals surface area contributed by atoms with Gasteiger partial charge >= 0.3 is 11.9 Å². The fourth-order valence-corrected chi connectivity index (χ4v) is 7.20. The van der Waals surface area contributed by atoms with Gasteiger partial charge in [0, 0.05) is 12.8 Å². The van der Waals surface area contributed by atoms with Crippen molar-refractivity contribution in [2.75, 3.05) is 26.4 Å². The Hall–Kier alpha value is -2.02. The smallest absolute Gasteiger partial charge is 0.306 e. The molecule has 2 aliphatic heterocycles. The zero-order valence-electron chi connectivity index (χ0n) is 37.1. The van der Waals surface area contributed by atoms with E-state index in [1.165, 1.54) is 44.9 Å². The number of carbonyl (C=O) groups excluding carboxylic acids is 2. The molecule has 0 saturated carbocycles. The second kappa shape index (κ2) is 34.4. The largest absolute Gasteiger partial charge is 0.462 e. The summed E-state index contributed by atoms with van der Waals surface area (Å²) in [6.07, 6.45) is 15.0. The highest BCUT2D eigenvalue weighted by atomic mass is 16.7. The third-order valence-corrected chi connectivity index (χ3v) is 11.2. The molecular weight excluding hydrogens is 792 g/mol. The molecule has 0 aromatic carbocycles. The SMILES string of the molecule is CCCCC/C=C\CCCCCCCC(=O)OCC(COC1OC(COC2OC(CO)C(O)C(O)C2O)C(O)C(O)C1O)OC(=O)CCCCCCC/C=C\CCCCCC. The summed E-state index contributed by atoms with van der Waals surface area (Å²) in [5.41, 5.74) is 0. The van der Waals surface area contributed by atoms with E-state index in [9.17, 15) is 45.3 Å². The third-order valence-electron chi connectivity index (χ3n) is 11.2. The minimum absolute atomic E-state index is 0.154. The highest BCUT2D eigenvalue weighted by Crippen LogP contribution is 2.26. The molecule has 356 valence electrons. The minimum atomic E-state index is -1.76. The highest BCUT2D eigenvalue weighted by Gasteiger charge is 2.47. The molecule has 0 aliphatic carbocycles.